The van der Waals surface area contributed by atoms with E-state index >= 15 is 0 Å². The van der Waals surface area contributed by atoms with E-state index in [0.717, 1.165) is 19.3 Å². The van der Waals surface area contributed by atoms with Gasteiger partial charge in [-0.1, -0.05) is 46.8 Å². The summed E-state index contributed by atoms with van der Waals surface area (Å²) in [4.78, 5) is 12.3. The Labute approximate surface area is 138 Å². The molecule has 0 aromatic heterocycles. The van der Waals surface area contributed by atoms with Gasteiger partial charge in [0.2, 0.25) is 0 Å². The summed E-state index contributed by atoms with van der Waals surface area (Å²) in [6, 6.07) is 0. The molecule has 0 fully saturated rings. The van der Waals surface area contributed by atoms with Gasteiger partial charge in [0.05, 0.1) is 6.10 Å². The van der Waals surface area contributed by atoms with Gasteiger partial charge < -0.3 is 4.43 Å². The molecule has 0 amide bonds. The summed E-state index contributed by atoms with van der Waals surface area (Å²) in [5.41, 5.74) is 0. The lowest BCUT2D eigenvalue weighted by molar-refractivity contribution is -0.121. The zero-order chi connectivity index (χ0) is 17.0. The zero-order valence-electron chi connectivity index (χ0n) is 15.7. The minimum atomic E-state index is -1.85. The molecular weight excluding hydrogens is 288 g/mol. The molecule has 2 nitrogen and oxygen atoms in total. The quantitative estimate of drug-likeness (QED) is 0.489. The van der Waals surface area contributed by atoms with E-state index in [2.05, 4.69) is 59.9 Å². The third-order valence-corrected chi connectivity index (χ3v) is 9.94. The summed E-state index contributed by atoms with van der Waals surface area (Å²) in [5.74, 6) is 1.39. The SMILES string of the molecule is CC(C)[C@@H]1CC/C=C/CCC(=O)C[C@@H]1O[Si](C)(C)C(C)(C)C. The van der Waals surface area contributed by atoms with Crippen molar-refractivity contribution in [1.29, 1.82) is 0 Å². The highest BCUT2D eigenvalue weighted by Crippen LogP contribution is 2.40. The van der Waals surface area contributed by atoms with Gasteiger partial charge >= 0.3 is 0 Å². The number of carbonyl (C=O) groups excluding carboxylic acids is 1. The largest absolute Gasteiger partial charge is 0.413 e. The van der Waals surface area contributed by atoms with Gasteiger partial charge in [-0.15, -0.1) is 0 Å². The molecule has 22 heavy (non-hydrogen) atoms. The predicted molar refractivity (Wildman–Crippen MR) is 97.6 cm³/mol. The van der Waals surface area contributed by atoms with Crippen LogP contribution >= 0.6 is 0 Å². The van der Waals surface area contributed by atoms with Crippen LogP contribution in [0.4, 0.5) is 0 Å². The monoisotopic (exact) mass is 324 g/mol. The number of hydrogen-bond acceptors (Lipinski definition) is 2. The van der Waals surface area contributed by atoms with Crippen molar-refractivity contribution in [3.63, 3.8) is 0 Å². The highest BCUT2D eigenvalue weighted by atomic mass is 28.4. The first-order valence-corrected chi connectivity index (χ1v) is 11.8. The summed E-state index contributed by atoms with van der Waals surface area (Å²) >= 11 is 0. The molecule has 0 radical (unpaired) electrons. The minimum absolute atomic E-state index is 0.0971. The van der Waals surface area contributed by atoms with E-state index in [1.54, 1.807) is 0 Å². The molecule has 1 aliphatic carbocycles. The molecule has 0 aromatic carbocycles. The molecule has 3 heteroatoms. The van der Waals surface area contributed by atoms with Gasteiger partial charge in [0, 0.05) is 12.8 Å². The van der Waals surface area contributed by atoms with Crippen LogP contribution in [-0.4, -0.2) is 20.2 Å². The van der Waals surface area contributed by atoms with E-state index in [1.165, 1.54) is 0 Å². The summed E-state index contributed by atoms with van der Waals surface area (Å²) in [7, 11) is -1.85. The van der Waals surface area contributed by atoms with Crippen LogP contribution in [0.5, 0.6) is 0 Å². The Hall–Kier alpha value is -0.413. The second-order valence-corrected chi connectivity index (χ2v) is 13.4. The third-order valence-electron chi connectivity index (χ3n) is 5.44. The Morgan fingerprint density at radius 2 is 1.77 bits per heavy atom. The van der Waals surface area contributed by atoms with E-state index < -0.39 is 8.32 Å². The first-order chi connectivity index (χ1) is 10.0. The van der Waals surface area contributed by atoms with E-state index in [4.69, 9.17) is 4.43 Å². The lowest BCUT2D eigenvalue weighted by Crippen LogP contribution is -2.47. The molecule has 1 aliphatic rings. The fourth-order valence-electron chi connectivity index (χ4n) is 2.88. The second-order valence-electron chi connectivity index (χ2n) is 8.65. The smallest absolute Gasteiger partial charge is 0.192 e. The van der Waals surface area contributed by atoms with Crippen molar-refractivity contribution in [3.05, 3.63) is 12.2 Å². The second kappa shape index (κ2) is 7.92. The van der Waals surface area contributed by atoms with Crippen LogP contribution in [0, 0.1) is 11.8 Å². The number of ketones is 1. The number of allylic oxidation sites excluding steroid dienone is 2. The summed E-state index contributed by atoms with van der Waals surface area (Å²) in [5, 5.41) is 0.187. The van der Waals surface area contributed by atoms with Crippen molar-refractivity contribution in [2.45, 2.75) is 91.0 Å². The number of rotatable bonds is 3. The van der Waals surface area contributed by atoms with Crippen LogP contribution in [0.15, 0.2) is 12.2 Å². The molecular formula is C19H36O2Si. The maximum absolute atomic E-state index is 12.3. The van der Waals surface area contributed by atoms with Crippen molar-refractivity contribution in [2.75, 3.05) is 0 Å². The van der Waals surface area contributed by atoms with Gasteiger partial charge in [-0.25, -0.2) is 0 Å². The normalized spacial score (nSPS) is 27.0. The number of hydrogen-bond donors (Lipinski definition) is 0. The van der Waals surface area contributed by atoms with Gasteiger partial charge in [0.1, 0.15) is 5.78 Å². The van der Waals surface area contributed by atoms with Gasteiger partial charge in [0.15, 0.2) is 8.32 Å². The van der Waals surface area contributed by atoms with Crippen molar-refractivity contribution in [3.8, 4) is 0 Å². The maximum Gasteiger partial charge on any atom is 0.192 e. The zero-order valence-corrected chi connectivity index (χ0v) is 16.7. The van der Waals surface area contributed by atoms with Crippen molar-refractivity contribution in [2.24, 2.45) is 11.8 Å². The summed E-state index contributed by atoms with van der Waals surface area (Å²) in [6.45, 7) is 16.0. The van der Waals surface area contributed by atoms with E-state index in [0.29, 0.717) is 30.5 Å². The first kappa shape index (κ1) is 19.6. The molecule has 0 spiro atoms. The van der Waals surface area contributed by atoms with Crippen LogP contribution in [-0.2, 0) is 9.22 Å². The molecule has 128 valence electrons. The van der Waals surface area contributed by atoms with Gasteiger partial charge in [-0.3, -0.25) is 4.79 Å². The first-order valence-electron chi connectivity index (χ1n) is 8.89. The third kappa shape index (κ3) is 5.66. The van der Waals surface area contributed by atoms with Crippen LogP contribution < -0.4 is 0 Å². The topological polar surface area (TPSA) is 26.3 Å². The molecule has 0 bridgehead atoms. The van der Waals surface area contributed by atoms with E-state index in [-0.39, 0.29) is 11.1 Å². The molecule has 0 saturated heterocycles. The highest BCUT2D eigenvalue weighted by Gasteiger charge is 2.41. The Morgan fingerprint density at radius 3 is 2.32 bits per heavy atom. The fourth-order valence-corrected chi connectivity index (χ4v) is 4.25. The van der Waals surface area contributed by atoms with Gasteiger partial charge in [-0.2, -0.15) is 0 Å². The predicted octanol–water partition coefficient (Wildman–Crippen LogP) is 5.74. The summed E-state index contributed by atoms with van der Waals surface area (Å²) < 4.78 is 6.71. The van der Waals surface area contributed by atoms with Crippen LogP contribution in [0.25, 0.3) is 0 Å². The molecule has 0 unspecified atom stereocenters. The maximum atomic E-state index is 12.3. The molecule has 2 atom stereocenters. The van der Waals surface area contributed by atoms with Crippen molar-refractivity contribution in [1.82, 2.24) is 0 Å². The van der Waals surface area contributed by atoms with Crippen LogP contribution in [0.2, 0.25) is 18.1 Å². The van der Waals surface area contributed by atoms with Crippen molar-refractivity contribution < 1.29 is 9.22 Å². The molecule has 1 rings (SSSR count). The Kier molecular flexibility index (Phi) is 7.06. The molecule has 0 N–H and O–H groups in total. The average molecular weight is 325 g/mol. The van der Waals surface area contributed by atoms with Gasteiger partial charge in [-0.05, 0) is 49.2 Å². The lowest BCUT2D eigenvalue weighted by Gasteiger charge is -2.42. The Bertz CT molecular complexity index is 391. The van der Waals surface area contributed by atoms with E-state index in [1.807, 2.05) is 0 Å². The highest BCUT2D eigenvalue weighted by molar-refractivity contribution is 6.74. The van der Waals surface area contributed by atoms with Crippen molar-refractivity contribution >= 4 is 14.1 Å². The van der Waals surface area contributed by atoms with Crippen LogP contribution in [0.3, 0.4) is 0 Å². The minimum Gasteiger partial charge on any atom is -0.413 e. The summed E-state index contributed by atoms with van der Waals surface area (Å²) in [6.07, 6.45) is 8.90. The Balaban J connectivity index is 2.99. The average Bonchev–Trinajstić information content (AvgIpc) is 2.34. The standard InChI is InChI=1S/C19H36O2Si/c1-15(2)17-13-11-9-8-10-12-16(20)14-18(17)21-22(6,7)19(3,4)5/h8-9,15,17-18H,10-14H2,1-7H3/b9-8+/t17-,18-/m0/s1. The van der Waals surface area contributed by atoms with Crippen LogP contribution in [0.1, 0.15) is 66.7 Å². The van der Waals surface area contributed by atoms with Gasteiger partial charge in [0.25, 0.3) is 0 Å². The number of carbonyl (C=O) groups is 1. The fraction of sp³-hybridized carbons (Fsp3) is 0.842. The lowest BCUT2D eigenvalue weighted by atomic mass is 9.83. The molecule has 0 saturated carbocycles. The van der Waals surface area contributed by atoms with E-state index in [9.17, 15) is 4.79 Å². The molecule has 0 aromatic rings. The molecule has 0 aliphatic heterocycles. The molecule has 0 heterocycles. The number of Topliss-reactive ketones (excluding diaryl/α,β-unsaturated/α-hetero) is 1. The Morgan fingerprint density at radius 1 is 1.18 bits per heavy atom.